The third-order valence-corrected chi connectivity index (χ3v) is 4.51. The molecule has 9 nitrogen and oxygen atoms in total. The van der Waals surface area contributed by atoms with Gasteiger partial charge in [-0.25, -0.2) is 4.98 Å². The van der Waals surface area contributed by atoms with Crippen molar-refractivity contribution in [1.82, 2.24) is 15.2 Å². The number of rotatable bonds is 10. The Morgan fingerprint density at radius 2 is 1.67 bits per heavy atom. The molecule has 0 spiro atoms. The molecule has 1 aromatic carbocycles. The lowest BCUT2D eigenvalue weighted by Gasteiger charge is -2.17. The minimum Gasteiger partial charge on any atom is -0.493 e. The van der Waals surface area contributed by atoms with E-state index in [-0.39, 0.29) is 31.4 Å². The molecule has 162 valence electrons. The number of benzene rings is 1. The molecular formula is C20H25BrN4O5. The Hall–Kier alpha value is -2.85. The van der Waals surface area contributed by atoms with E-state index in [9.17, 15) is 9.59 Å². The predicted molar refractivity (Wildman–Crippen MR) is 116 cm³/mol. The number of amides is 2. The molecule has 1 heterocycles. The Balaban J connectivity index is 1.85. The van der Waals surface area contributed by atoms with Crippen molar-refractivity contribution < 1.29 is 23.8 Å². The molecule has 0 aliphatic heterocycles. The highest BCUT2D eigenvalue weighted by Gasteiger charge is 2.15. The van der Waals surface area contributed by atoms with E-state index in [4.69, 9.17) is 14.2 Å². The molecule has 0 aliphatic rings. The van der Waals surface area contributed by atoms with Crippen LogP contribution in [0.3, 0.4) is 0 Å². The smallest absolute Gasteiger partial charge is 0.239 e. The van der Waals surface area contributed by atoms with Gasteiger partial charge < -0.3 is 24.8 Å². The van der Waals surface area contributed by atoms with Crippen molar-refractivity contribution in [3.8, 4) is 17.2 Å². The Morgan fingerprint density at radius 1 is 1.03 bits per heavy atom. The molecule has 0 fully saturated rings. The van der Waals surface area contributed by atoms with Gasteiger partial charge in [-0.2, -0.15) is 0 Å². The summed E-state index contributed by atoms with van der Waals surface area (Å²) in [6.07, 6.45) is 1.59. The normalized spacial score (nSPS) is 10.5. The summed E-state index contributed by atoms with van der Waals surface area (Å²) in [6, 6.07) is 7.00. The summed E-state index contributed by atoms with van der Waals surface area (Å²) in [5.41, 5.74) is 0.791. The van der Waals surface area contributed by atoms with Gasteiger partial charge in [-0.15, -0.1) is 0 Å². The van der Waals surface area contributed by atoms with E-state index in [0.29, 0.717) is 23.1 Å². The van der Waals surface area contributed by atoms with Gasteiger partial charge in [0.05, 0.1) is 34.4 Å². The number of anilines is 1. The number of nitrogens with one attached hydrogen (secondary N) is 2. The molecule has 0 bridgehead atoms. The number of nitrogens with zero attached hydrogens (tertiary/aromatic N) is 2. The topological polar surface area (TPSA) is 102 Å². The zero-order valence-corrected chi connectivity index (χ0v) is 18.9. The summed E-state index contributed by atoms with van der Waals surface area (Å²) < 4.78 is 16.7. The van der Waals surface area contributed by atoms with Crippen LogP contribution in [0.25, 0.3) is 0 Å². The quantitative estimate of drug-likeness (QED) is 0.536. The molecule has 0 unspecified atom stereocenters. The molecule has 30 heavy (non-hydrogen) atoms. The standard InChI is InChI=1S/C20H25BrN4O5/c1-25(12-19(27)24-17-6-5-14(21)10-22-17)11-18(26)23-9-13-7-15(28-2)20(30-4)16(8-13)29-3/h5-8,10H,9,11-12H2,1-4H3,(H,23,26)(H,22,24,27). The number of ether oxygens (including phenoxy) is 3. The Morgan fingerprint density at radius 3 is 2.20 bits per heavy atom. The molecule has 0 saturated heterocycles. The van der Waals surface area contributed by atoms with Crippen molar-refractivity contribution in [2.24, 2.45) is 0 Å². The molecular weight excluding hydrogens is 456 g/mol. The second-order valence-corrected chi connectivity index (χ2v) is 7.31. The summed E-state index contributed by atoms with van der Waals surface area (Å²) in [4.78, 5) is 30.0. The highest BCUT2D eigenvalue weighted by Crippen LogP contribution is 2.38. The lowest BCUT2D eigenvalue weighted by Crippen LogP contribution is -2.38. The molecule has 1 aromatic heterocycles. The van der Waals surface area contributed by atoms with Crippen LogP contribution in [0.15, 0.2) is 34.9 Å². The average Bonchev–Trinajstić information content (AvgIpc) is 2.72. The van der Waals surface area contributed by atoms with Gasteiger partial charge >= 0.3 is 0 Å². The van der Waals surface area contributed by atoms with Crippen LogP contribution in [0, 0.1) is 0 Å². The van der Waals surface area contributed by atoms with Crippen molar-refractivity contribution in [3.05, 3.63) is 40.5 Å². The third kappa shape index (κ3) is 6.89. The van der Waals surface area contributed by atoms with E-state index in [0.717, 1.165) is 10.0 Å². The minimum atomic E-state index is -0.259. The molecule has 2 amide bonds. The van der Waals surface area contributed by atoms with Gasteiger partial charge in [0.1, 0.15) is 5.82 Å². The SMILES string of the molecule is COc1cc(CNC(=O)CN(C)CC(=O)Nc2ccc(Br)cn2)cc(OC)c1OC. The molecule has 0 atom stereocenters. The molecule has 2 aromatic rings. The van der Waals surface area contributed by atoms with Gasteiger partial charge in [-0.1, -0.05) is 0 Å². The fourth-order valence-corrected chi connectivity index (χ4v) is 2.91. The van der Waals surface area contributed by atoms with Crippen LogP contribution < -0.4 is 24.8 Å². The number of likely N-dealkylation sites (N-methyl/N-ethyl adjacent to an activating group) is 1. The number of methoxy groups -OCH3 is 3. The van der Waals surface area contributed by atoms with Crippen LogP contribution in [0.2, 0.25) is 0 Å². The number of carbonyl (C=O) groups is 2. The summed E-state index contributed by atoms with van der Waals surface area (Å²) >= 11 is 3.29. The second-order valence-electron chi connectivity index (χ2n) is 6.39. The third-order valence-electron chi connectivity index (χ3n) is 4.04. The molecule has 2 rings (SSSR count). The van der Waals surface area contributed by atoms with Crippen LogP contribution in [-0.2, 0) is 16.1 Å². The van der Waals surface area contributed by atoms with Crippen LogP contribution in [0.1, 0.15) is 5.56 Å². The fourth-order valence-electron chi connectivity index (χ4n) is 2.67. The van der Waals surface area contributed by atoms with Crippen molar-refractivity contribution in [2.75, 3.05) is 46.8 Å². The number of aromatic nitrogens is 1. The number of pyridine rings is 1. The van der Waals surface area contributed by atoms with Crippen molar-refractivity contribution in [3.63, 3.8) is 0 Å². The highest BCUT2D eigenvalue weighted by molar-refractivity contribution is 9.10. The van der Waals surface area contributed by atoms with Crippen LogP contribution in [0.4, 0.5) is 5.82 Å². The van der Waals surface area contributed by atoms with Gasteiger partial charge in [0.15, 0.2) is 11.5 Å². The van der Waals surface area contributed by atoms with E-state index in [1.165, 1.54) is 21.3 Å². The summed E-state index contributed by atoms with van der Waals surface area (Å²) in [5.74, 6) is 1.47. The molecule has 0 saturated carbocycles. The molecule has 0 radical (unpaired) electrons. The molecule has 10 heteroatoms. The summed E-state index contributed by atoms with van der Waals surface area (Å²) in [7, 11) is 6.28. The molecule has 2 N–H and O–H groups in total. The van der Waals surface area contributed by atoms with Crippen molar-refractivity contribution >= 4 is 33.6 Å². The first kappa shape index (κ1) is 23.4. The number of carbonyl (C=O) groups excluding carboxylic acids is 2. The predicted octanol–water partition coefficient (Wildman–Crippen LogP) is 2.06. The zero-order chi connectivity index (χ0) is 22.1. The first-order valence-electron chi connectivity index (χ1n) is 9.01. The van der Waals surface area contributed by atoms with Crippen LogP contribution in [-0.4, -0.2) is 63.2 Å². The van der Waals surface area contributed by atoms with Crippen molar-refractivity contribution in [1.29, 1.82) is 0 Å². The van der Waals surface area contributed by atoms with E-state index >= 15 is 0 Å². The lowest BCUT2D eigenvalue weighted by atomic mass is 10.1. The van der Waals surface area contributed by atoms with Crippen LogP contribution in [0.5, 0.6) is 17.2 Å². The number of halogens is 1. The molecule has 0 aliphatic carbocycles. The number of hydrogen-bond donors (Lipinski definition) is 2. The van der Waals surface area contributed by atoms with E-state index < -0.39 is 0 Å². The highest BCUT2D eigenvalue weighted by atomic mass is 79.9. The average molecular weight is 481 g/mol. The monoisotopic (exact) mass is 480 g/mol. The van der Waals surface area contributed by atoms with E-state index in [1.54, 1.807) is 42.4 Å². The first-order valence-corrected chi connectivity index (χ1v) is 9.81. The van der Waals surface area contributed by atoms with E-state index in [1.807, 2.05) is 0 Å². The fraction of sp³-hybridized carbons (Fsp3) is 0.350. The van der Waals surface area contributed by atoms with Gasteiger partial charge in [-0.3, -0.25) is 14.5 Å². The first-order chi connectivity index (χ1) is 14.4. The van der Waals surface area contributed by atoms with Gasteiger partial charge in [0, 0.05) is 17.2 Å². The maximum absolute atomic E-state index is 12.2. The summed E-state index contributed by atoms with van der Waals surface area (Å²) in [5, 5.41) is 5.50. The minimum absolute atomic E-state index is 0.0509. The number of hydrogen-bond acceptors (Lipinski definition) is 7. The maximum Gasteiger partial charge on any atom is 0.239 e. The Bertz CT molecular complexity index is 851. The van der Waals surface area contributed by atoms with Gasteiger partial charge in [-0.05, 0) is 52.8 Å². The summed E-state index contributed by atoms with van der Waals surface area (Å²) in [6.45, 7) is 0.388. The van der Waals surface area contributed by atoms with Gasteiger partial charge in [0.2, 0.25) is 17.6 Å². The lowest BCUT2D eigenvalue weighted by molar-refractivity contribution is -0.123. The second kappa shape index (κ2) is 11.4. The Kier molecular flexibility index (Phi) is 8.88. The van der Waals surface area contributed by atoms with Gasteiger partial charge in [0.25, 0.3) is 0 Å². The largest absolute Gasteiger partial charge is 0.493 e. The Labute approximate surface area is 183 Å². The van der Waals surface area contributed by atoms with Crippen LogP contribution >= 0.6 is 15.9 Å². The van der Waals surface area contributed by atoms with Crippen molar-refractivity contribution in [2.45, 2.75) is 6.54 Å². The maximum atomic E-state index is 12.2. The zero-order valence-electron chi connectivity index (χ0n) is 17.3. The van der Waals surface area contributed by atoms with E-state index in [2.05, 4.69) is 31.5 Å².